The van der Waals surface area contributed by atoms with Crippen LogP contribution < -0.4 is 0 Å². The largest absolute Gasteiger partial charge is 0.293 e. The quantitative estimate of drug-likeness (QED) is 0.720. The molecule has 0 spiro atoms. The topological polar surface area (TPSA) is 17.1 Å². The number of hydrogen-bond acceptors (Lipinski definition) is 2. The summed E-state index contributed by atoms with van der Waals surface area (Å²) in [7, 11) is 0. The molecule has 0 N–H and O–H groups in total. The maximum Gasteiger partial charge on any atom is 0.175 e. The highest BCUT2D eigenvalue weighted by Crippen LogP contribution is 2.23. The first-order chi connectivity index (χ1) is 7.95. The van der Waals surface area contributed by atoms with Gasteiger partial charge in [0.1, 0.15) is 0 Å². The van der Waals surface area contributed by atoms with E-state index in [-0.39, 0.29) is 11.0 Å². The Bertz CT molecular complexity index is 398. The molecule has 0 aliphatic heterocycles. The number of carbonyl (C=O) groups is 1. The smallest absolute Gasteiger partial charge is 0.175 e. The first kappa shape index (κ1) is 14.3. The fraction of sp³-hybridized carbons (Fsp3) is 0.533. The van der Waals surface area contributed by atoms with Gasteiger partial charge in [-0.25, -0.2) is 0 Å². The summed E-state index contributed by atoms with van der Waals surface area (Å²) < 4.78 is 0. The van der Waals surface area contributed by atoms with Gasteiger partial charge < -0.3 is 0 Å². The summed E-state index contributed by atoms with van der Waals surface area (Å²) in [6, 6.07) is 5.98. The monoisotopic (exact) mass is 250 g/mol. The molecule has 0 aromatic heterocycles. The minimum atomic E-state index is 0.0482. The highest BCUT2D eigenvalue weighted by atomic mass is 32.2. The molecule has 17 heavy (non-hydrogen) atoms. The molecular weight excluding hydrogens is 228 g/mol. The van der Waals surface area contributed by atoms with E-state index in [0.717, 1.165) is 12.0 Å². The maximum atomic E-state index is 12.2. The zero-order chi connectivity index (χ0) is 13.0. The average Bonchev–Trinajstić information content (AvgIpc) is 2.31. The van der Waals surface area contributed by atoms with Crippen LogP contribution in [0.4, 0.5) is 0 Å². The van der Waals surface area contributed by atoms with E-state index in [1.165, 1.54) is 11.1 Å². The lowest BCUT2D eigenvalue weighted by molar-refractivity contribution is 0.0993. The molecule has 0 amide bonds. The molecule has 0 saturated heterocycles. The van der Waals surface area contributed by atoms with Crippen molar-refractivity contribution < 1.29 is 4.79 Å². The highest BCUT2D eigenvalue weighted by Gasteiger charge is 2.18. The van der Waals surface area contributed by atoms with Gasteiger partial charge >= 0.3 is 0 Å². The lowest BCUT2D eigenvalue weighted by Gasteiger charge is -2.15. The molecular formula is C15H22OS. The number of thioether (sulfide) groups is 1. The third kappa shape index (κ3) is 3.88. The average molecular weight is 250 g/mol. The number of aryl methyl sites for hydroxylation is 2. The number of ketones is 1. The number of rotatable bonds is 5. The molecule has 1 aromatic carbocycles. The van der Waals surface area contributed by atoms with Crippen molar-refractivity contribution in [1.82, 2.24) is 0 Å². The van der Waals surface area contributed by atoms with Crippen LogP contribution in [0.5, 0.6) is 0 Å². The van der Waals surface area contributed by atoms with Crippen LogP contribution in [0.3, 0.4) is 0 Å². The van der Waals surface area contributed by atoms with E-state index in [1.54, 1.807) is 11.8 Å². The second kappa shape index (κ2) is 6.25. The number of Topliss-reactive ketones (excluding diaryl/α,β-unsaturated/α-hetero) is 1. The first-order valence-corrected chi connectivity index (χ1v) is 7.17. The number of hydrogen-bond donors (Lipinski definition) is 0. The van der Waals surface area contributed by atoms with Gasteiger partial charge in [0.2, 0.25) is 0 Å². The fourth-order valence-corrected chi connectivity index (χ4v) is 2.78. The molecule has 1 rings (SSSR count). The van der Waals surface area contributed by atoms with Crippen molar-refractivity contribution >= 4 is 17.5 Å². The fourth-order valence-electron chi connectivity index (χ4n) is 1.64. The summed E-state index contributed by atoms with van der Waals surface area (Å²) in [6.07, 6.45) is 1.11. The zero-order valence-corrected chi connectivity index (χ0v) is 12.2. The van der Waals surface area contributed by atoms with Crippen molar-refractivity contribution in [3.8, 4) is 0 Å². The van der Waals surface area contributed by atoms with E-state index in [2.05, 4.69) is 27.7 Å². The first-order valence-electron chi connectivity index (χ1n) is 6.22. The summed E-state index contributed by atoms with van der Waals surface area (Å²) in [4.78, 5) is 12.2. The van der Waals surface area contributed by atoms with E-state index < -0.39 is 0 Å². The molecule has 2 atom stereocenters. The molecule has 0 radical (unpaired) electrons. The lowest BCUT2D eigenvalue weighted by atomic mass is 10.0. The molecule has 0 saturated carbocycles. The third-order valence-corrected chi connectivity index (χ3v) is 4.59. The van der Waals surface area contributed by atoms with Crippen LogP contribution in [0.25, 0.3) is 0 Å². The summed E-state index contributed by atoms with van der Waals surface area (Å²) >= 11 is 1.76. The van der Waals surface area contributed by atoms with Crippen molar-refractivity contribution in [2.45, 2.75) is 51.5 Å². The molecule has 1 aromatic rings. The molecule has 1 nitrogen and oxygen atoms in total. The van der Waals surface area contributed by atoms with Gasteiger partial charge in [-0.3, -0.25) is 4.79 Å². The van der Waals surface area contributed by atoms with Crippen LogP contribution in [-0.2, 0) is 0 Å². The predicted molar refractivity (Wildman–Crippen MR) is 77.1 cm³/mol. The van der Waals surface area contributed by atoms with Crippen LogP contribution >= 0.6 is 11.8 Å². The van der Waals surface area contributed by atoms with E-state index in [1.807, 2.05) is 25.1 Å². The van der Waals surface area contributed by atoms with Crippen LogP contribution in [0.2, 0.25) is 0 Å². The third-order valence-electron chi connectivity index (χ3n) is 3.17. The Morgan fingerprint density at radius 1 is 1.24 bits per heavy atom. The predicted octanol–water partition coefficient (Wildman–Crippen LogP) is 4.41. The summed E-state index contributed by atoms with van der Waals surface area (Å²) in [5, 5.41) is 0.590. The van der Waals surface area contributed by atoms with Crippen LogP contribution in [-0.4, -0.2) is 16.3 Å². The van der Waals surface area contributed by atoms with Crippen LogP contribution in [0.15, 0.2) is 18.2 Å². The second-order valence-electron chi connectivity index (χ2n) is 4.66. The van der Waals surface area contributed by atoms with Gasteiger partial charge in [-0.2, -0.15) is 0 Å². The Morgan fingerprint density at radius 2 is 1.88 bits per heavy atom. The summed E-state index contributed by atoms with van der Waals surface area (Å²) in [6.45, 7) is 10.5. The van der Waals surface area contributed by atoms with Crippen LogP contribution in [0.1, 0.15) is 48.7 Å². The van der Waals surface area contributed by atoms with E-state index in [9.17, 15) is 4.79 Å². The Labute approximate surface area is 109 Å². The highest BCUT2D eigenvalue weighted by molar-refractivity contribution is 8.01. The van der Waals surface area contributed by atoms with Gasteiger partial charge in [0.25, 0.3) is 0 Å². The van der Waals surface area contributed by atoms with Gasteiger partial charge in [-0.05, 0) is 44.4 Å². The molecule has 0 aliphatic rings. The molecule has 0 bridgehead atoms. The van der Waals surface area contributed by atoms with Gasteiger partial charge in [-0.15, -0.1) is 11.8 Å². The van der Waals surface area contributed by atoms with E-state index >= 15 is 0 Å². The summed E-state index contributed by atoms with van der Waals surface area (Å²) in [5.74, 6) is 0.249. The number of carbonyl (C=O) groups excluding carboxylic acids is 1. The van der Waals surface area contributed by atoms with Crippen molar-refractivity contribution in [3.05, 3.63) is 34.9 Å². The SMILES string of the molecule is CCC(C)SC(C)C(=O)c1ccc(C)c(C)c1. The second-order valence-corrected chi connectivity index (χ2v) is 6.44. The Kier molecular flexibility index (Phi) is 5.26. The minimum absolute atomic E-state index is 0.0482. The normalized spacial score (nSPS) is 14.4. The van der Waals surface area contributed by atoms with Crippen molar-refractivity contribution in [1.29, 1.82) is 0 Å². The summed E-state index contributed by atoms with van der Waals surface area (Å²) in [5.41, 5.74) is 3.27. The van der Waals surface area contributed by atoms with E-state index in [4.69, 9.17) is 0 Å². The van der Waals surface area contributed by atoms with Crippen LogP contribution in [0, 0.1) is 13.8 Å². The molecule has 0 aliphatic carbocycles. The Balaban J connectivity index is 2.78. The van der Waals surface area contributed by atoms with Crippen molar-refractivity contribution in [2.75, 3.05) is 0 Å². The Morgan fingerprint density at radius 3 is 2.41 bits per heavy atom. The molecule has 94 valence electrons. The van der Waals surface area contributed by atoms with Gasteiger partial charge in [0, 0.05) is 10.8 Å². The molecule has 0 fully saturated rings. The maximum absolute atomic E-state index is 12.2. The minimum Gasteiger partial charge on any atom is -0.293 e. The van der Waals surface area contributed by atoms with Crippen molar-refractivity contribution in [2.24, 2.45) is 0 Å². The molecule has 0 heterocycles. The molecule has 2 heteroatoms. The lowest BCUT2D eigenvalue weighted by Crippen LogP contribution is -2.16. The van der Waals surface area contributed by atoms with E-state index in [0.29, 0.717) is 5.25 Å². The number of benzene rings is 1. The van der Waals surface area contributed by atoms with Gasteiger partial charge in [-0.1, -0.05) is 26.0 Å². The molecule has 2 unspecified atom stereocenters. The van der Waals surface area contributed by atoms with Gasteiger partial charge in [0.05, 0.1) is 5.25 Å². The standard InChI is InChI=1S/C15H22OS/c1-6-12(4)17-13(5)15(16)14-8-7-10(2)11(3)9-14/h7-9,12-13H,6H2,1-5H3. The van der Waals surface area contributed by atoms with Crippen molar-refractivity contribution in [3.63, 3.8) is 0 Å². The van der Waals surface area contributed by atoms with Gasteiger partial charge in [0.15, 0.2) is 5.78 Å². The Hall–Kier alpha value is -0.760. The zero-order valence-electron chi connectivity index (χ0n) is 11.4.